The minimum atomic E-state index is -3.33. The molecule has 7 heteroatoms. The fraction of sp³-hybridized carbons (Fsp3) is 1.00. The van der Waals surface area contributed by atoms with Crippen LogP contribution in [0.3, 0.4) is 0 Å². The summed E-state index contributed by atoms with van der Waals surface area (Å²) >= 11 is 0. The van der Waals surface area contributed by atoms with Gasteiger partial charge >= 0.3 is 0 Å². The number of β-amino-alcohol motifs (C(OH)–C–C–N with tert-alkyl or cyclic N) is 1. The number of likely N-dealkylation sites (N-methyl/N-ethyl adjacent to an activating group) is 1. The van der Waals surface area contributed by atoms with E-state index in [1.807, 2.05) is 0 Å². The molecule has 1 fully saturated rings. The van der Waals surface area contributed by atoms with Gasteiger partial charge in [0.2, 0.25) is 10.0 Å². The lowest BCUT2D eigenvalue weighted by molar-refractivity contribution is 0.135. The quantitative estimate of drug-likeness (QED) is 0.592. The Morgan fingerprint density at radius 2 is 2.20 bits per heavy atom. The first-order chi connectivity index (χ1) is 6.99. The SMILES string of the molecule is COCCS(=O)(=O)N(C)[C@@H]1CNC[C@H]1O. The first-order valence-electron chi connectivity index (χ1n) is 4.82. The van der Waals surface area contributed by atoms with Crippen molar-refractivity contribution in [2.24, 2.45) is 0 Å². The lowest BCUT2D eigenvalue weighted by Gasteiger charge is -2.25. The van der Waals surface area contributed by atoms with Crippen LogP contribution in [0.15, 0.2) is 0 Å². The van der Waals surface area contributed by atoms with Gasteiger partial charge in [-0.2, -0.15) is 4.31 Å². The molecule has 0 saturated carbocycles. The van der Waals surface area contributed by atoms with Crippen molar-refractivity contribution in [3.8, 4) is 0 Å². The number of nitrogens with zero attached hydrogens (tertiary/aromatic N) is 1. The molecule has 1 heterocycles. The number of sulfonamides is 1. The van der Waals surface area contributed by atoms with Crippen LogP contribution >= 0.6 is 0 Å². The Hall–Kier alpha value is -0.210. The van der Waals surface area contributed by atoms with E-state index in [0.29, 0.717) is 13.1 Å². The van der Waals surface area contributed by atoms with Crippen LogP contribution in [0.4, 0.5) is 0 Å². The fourth-order valence-electron chi connectivity index (χ4n) is 1.56. The average Bonchev–Trinajstić information content (AvgIpc) is 2.60. The van der Waals surface area contributed by atoms with Gasteiger partial charge in [-0.15, -0.1) is 0 Å². The smallest absolute Gasteiger partial charge is 0.216 e. The molecule has 1 aliphatic heterocycles. The second-order valence-electron chi connectivity index (χ2n) is 3.62. The van der Waals surface area contributed by atoms with Crippen LogP contribution in [-0.4, -0.2) is 69.6 Å². The molecule has 1 saturated heterocycles. The number of ether oxygens (including phenoxy) is 1. The van der Waals surface area contributed by atoms with Gasteiger partial charge in [0.15, 0.2) is 0 Å². The number of aliphatic hydroxyl groups excluding tert-OH is 1. The van der Waals surface area contributed by atoms with E-state index in [2.05, 4.69) is 5.32 Å². The molecule has 0 bridgehead atoms. The monoisotopic (exact) mass is 238 g/mol. The Morgan fingerprint density at radius 1 is 1.53 bits per heavy atom. The topological polar surface area (TPSA) is 78.9 Å². The zero-order valence-electron chi connectivity index (χ0n) is 9.01. The summed E-state index contributed by atoms with van der Waals surface area (Å²) in [7, 11) is -0.379. The lowest BCUT2D eigenvalue weighted by Crippen LogP contribution is -2.45. The first kappa shape index (κ1) is 12.9. The number of rotatable bonds is 5. The van der Waals surface area contributed by atoms with Crippen LogP contribution in [0.25, 0.3) is 0 Å². The van der Waals surface area contributed by atoms with Crippen molar-refractivity contribution in [1.29, 1.82) is 0 Å². The molecule has 15 heavy (non-hydrogen) atoms. The van der Waals surface area contributed by atoms with E-state index in [1.54, 1.807) is 0 Å². The standard InChI is InChI=1S/C8H18N2O4S/c1-10(7-5-9-6-8(7)11)15(12,13)4-3-14-2/h7-9,11H,3-6H2,1-2H3/t7-,8-/m1/s1. The van der Waals surface area contributed by atoms with Crippen LogP contribution in [0.5, 0.6) is 0 Å². The summed E-state index contributed by atoms with van der Waals surface area (Å²) in [6.07, 6.45) is -0.632. The number of aliphatic hydroxyl groups is 1. The van der Waals surface area contributed by atoms with Crippen molar-refractivity contribution >= 4 is 10.0 Å². The molecular formula is C8H18N2O4S. The molecule has 0 aliphatic carbocycles. The summed E-state index contributed by atoms with van der Waals surface area (Å²) in [5.74, 6) is -0.0524. The van der Waals surface area contributed by atoms with E-state index in [0.717, 1.165) is 0 Å². The molecule has 0 radical (unpaired) electrons. The third kappa shape index (κ3) is 3.12. The Kier molecular flexibility index (Phi) is 4.47. The van der Waals surface area contributed by atoms with Gasteiger partial charge in [0.25, 0.3) is 0 Å². The van der Waals surface area contributed by atoms with E-state index in [1.165, 1.54) is 18.5 Å². The molecule has 0 spiro atoms. The average molecular weight is 238 g/mol. The maximum Gasteiger partial charge on any atom is 0.216 e. The summed E-state index contributed by atoms with van der Waals surface area (Å²) in [5.41, 5.74) is 0. The van der Waals surface area contributed by atoms with Crippen molar-refractivity contribution < 1.29 is 18.3 Å². The molecule has 2 N–H and O–H groups in total. The number of nitrogens with one attached hydrogen (secondary N) is 1. The Morgan fingerprint density at radius 3 is 2.67 bits per heavy atom. The molecule has 0 unspecified atom stereocenters. The van der Waals surface area contributed by atoms with Crippen molar-refractivity contribution in [3.63, 3.8) is 0 Å². The molecule has 0 aromatic rings. The highest BCUT2D eigenvalue weighted by atomic mass is 32.2. The molecule has 0 aromatic carbocycles. The van der Waals surface area contributed by atoms with E-state index in [-0.39, 0.29) is 18.4 Å². The molecule has 1 aliphatic rings. The van der Waals surface area contributed by atoms with Crippen LogP contribution in [0.1, 0.15) is 0 Å². The minimum absolute atomic E-state index is 0.0524. The van der Waals surface area contributed by atoms with E-state index >= 15 is 0 Å². The summed E-state index contributed by atoms with van der Waals surface area (Å²) in [6, 6.07) is -0.369. The van der Waals surface area contributed by atoms with E-state index in [9.17, 15) is 13.5 Å². The van der Waals surface area contributed by atoms with Crippen LogP contribution in [-0.2, 0) is 14.8 Å². The Bertz CT molecular complexity index is 293. The van der Waals surface area contributed by atoms with E-state index in [4.69, 9.17) is 4.74 Å². The molecule has 0 amide bonds. The van der Waals surface area contributed by atoms with Crippen LogP contribution in [0.2, 0.25) is 0 Å². The van der Waals surface area contributed by atoms with Gasteiger partial charge in [-0.3, -0.25) is 0 Å². The van der Waals surface area contributed by atoms with Crippen molar-refractivity contribution in [2.75, 3.05) is 39.6 Å². The Labute approximate surface area is 90.3 Å². The van der Waals surface area contributed by atoms with Crippen molar-refractivity contribution in [1.82, 2.24) is 9.62 Å². The zero-order valence-corrected chi connectivity index (χ0v) is 9.83. The maximum absolute atomic E-state index is 11.7. The van der Waals surface area contributed by atoms with Gasteiger partial charge in [0.1, 0.15) is 0 Å². The summed E-state index contributed by atoms with van der Waals surface area (Å²) in [6.45, 7) is 1.10. The summed E-state index contributed by atoms with van der Waals surface area (Å²) in [4.78, 5) is 0. The van der Waals surface area contributed by atoms with Gasteiger partial charge in [0, 0.05) is 27.2 Å². The number of methoxy groups -OCH3 is 1. The van der Waals surface area contributed by atoms with Gasteiger partial charge < -0.3 is 15.2 Å². The number of hydrogen-bond donors (Lipinski definition) is 2. The fourth-order valence-corrected chi connectivity index (χ4v) is 2.85. The van der Waals surface area contributed by atoms with Crippen molar-refractivity contribution in [2.45, 2.75) is 12.1 Å². The zero-order chi connectivity index (χ0) is 11.5. The highest BCUT2D eigenvalue weighted by molar-refractivity contribution is 7.89. The lowest BCUT2D eigenvalue weighted by atomic mass is 10.2. The minimum Gasteiger partial charge on any atom is -0.390 e. The number of hydrogen-bond acceptors (Lipinski definition) is 5. The van der Waals surface area contributed by atoms with E-state index < -0.39 is 16.1 Å². The van der Waals surface area contributed by atoms with Crippen molar-refractivity contribution in [3.05, 3.63) is 0 Å². The third-order valence-electron chi connectivity index (χ3n) is 2.60. The molecule has 2 atom stereocenters. The highest BCUT2D eigenvalue weighted by Gasteiger charge is 2.34. The van der Waals surface area contributed by atoms with Gasteiger partial charge in [-0.1, -0.05) is 0 Å². The molecule has 1 rings (SSSR count). The van der Waals surface area contributed by atoms with Gasteiger partial charge in [-0.05, 0) is 0 Å². The van der Waals surface area contributed by atoms with Gasteiger partial charge in [0.05, 0.1) is 24.5 Å². The van der Waals surface area contributed by atoms with Crippen LogP contribution < -0.4 is 5.32 Å². The maximum atomic E-state index is 11.7. The largest absolute Gasteiger partial charge is 0.390 e. The summed E-state index contributed by atoms with van der Waals surface area (Å²) < 4.78 is 29.4. The van der Waals surface area contributed by atoms with Crippen LogP contribution in [0, 0.1) is 0 Å². The second-order valence-corrected chi connectivity index (χ2v) is 5.77. The molecule has 90 valence electrons. The summed E-state index contributed by atoms with van der Waals surface area (Å²) in [5, 5.41) is 12.5. The molecule has 6 nitrogen and oxygen atoms in total. The molecular weight excluding hydrogens is 220 g/mol. The highest BCUT2D eigenvalue weighted by Crippen LogP contribution is 2.12. The predicted octanol–water partition coefficient (Wildman–Crippen LogP) is -1.77. The third-order valence-corrected chi connectivity index (χ3v) is 4.43. The second kappa shape index (κ2) is 5.22. The molecule has 0 aromatic heterocycles. The predicted molar refractivity (Wildman–Crippen MR) is 56.1 cm³/mol. The first-order valence-corrected chi connectivity index (χ1v) is 6.43. The Balaban J connectivity index is 2.62. The normalized spacial score (nSPS) is 27.5. The van der Waals surface area contributed by atoms with Gasteiger partial charge in [-0.25, -0.2) is 8.42 Å².